The van der Waals surface area contributed by atoms with Crippen LogP contribution in [0.4, 0.5) is 11.5 Å². The highest BCUT2D eigenvalue weighted by atomic mass is 16.3. The first kappa shape index (κ1) is 22.4. The van der Waals surface area contributed by atoms with Crippen LogP contribution in [0.15, 0.2) is 68.3 Å². The predicted octanol–water partition coefficient (Wildman–Crippen LogP) is 3.61. The lowest BCUT2D eigenvalue weighted by molar-refractivity contribution is 0.0959. The normalized spacial score (nSPS) is 13.5. The molecule has 4 rings (SSSR count). The van der Waals surface area contributed by atoms with Gasteiger partial charge >= 0.3 is 5.69 Å². The summed E-state index contributed by atoms with van der Waals surface area (Å²) in [5, 5.41) is 0. The maximum Gasteiger partial charge on any atom is 0.330 e. The number of aryl methyl sites for hydroxylation is 1. The SMILES string of the molecule is Cc1ccoc1C(=O)N(CCC1=CCCCC1)c1c(N)n(Cc2ccccc2)c(=O)[nH]c1=O. The first-order valence-corrected chi connectivity index (χ1v) is 11.2. The standard InChI is InChI=1S/C25H28N4O4/c1-17-13-15-33-21(17)24(31)28(14-12-18-8-4-2-5-9-18)20-22(26)29(25(32)27-23(20)30)16-19-10-6-3-7-11-19/h3,6-8,10-11,13,15H,2,4-5,9,12,14,16,26H2,1H3,(H,27,30,32). The molecule has 3 N–H and O–H groups in total. The number of allylic oxidation sites excluding steroid dienone is 1. The summed E-state index contributed by atoms with van der Waals surface area (Å²) >= 11 is 0. The lowest BCUT2D eigenvalue weighted by Crippen LogP contribution is -2.42. The van der Waals surface area contributed by atoms with E-state index in [0.717, 1.165) is 31.2 Å². The zero-order valence-corrected chi connectivity index (χ0v) is 18.7. The predicted molar refractivity (Wildman–Crippen MR) is 128 cm³/mol. The molecular weight excluding hydrogens is 420 g/mol. The molecule has 2 heterocycles. The first-order valence-electron chi connectivity index (χ1n) is 11.2. The van der Waals surface area contributed by atoms with Crippen LogP contribution >= 0.6 is 0 Å². The van der Waals surface area contributed by atoms with Crippen LogP contribution in [-0.4, -0.2) is 22.0 Å². The number of benzene rings is 1. The minimum atomic E-state index is -0.697. The van der Waals surface area contributed by atoms with Crippen LogP contribution < -0.4 is 21.9 Å². The second kappa shape index (κ2) is 9.77. The number of rotatable bonds is 7. The molecule has 172 valence electrons. The Morgan fingerprint density at radius 1 is 1.18 bits per heavy atom. The van der Waals surface area contributed by atoms with Gasteiger partial charge in [0, 0.05) is 12.1 Å². The fourth-order valence-electron chi connectivity index (χ4n) is 4.18. The Morgan fingerprint density at radius 3 is 2.64 bits per heavy atom. The van der Waals surface area contributed by atoms with E-state index >= 15 is 0 Å². The summed E-state index contributed by atoms with van der Waals surface area (Å²) in [5.41, 5.74) is 7.77. The molecule has 0 aliphatic heterocycles. The van der Waals surface area contributed by atoms with Crippen molar-refractivity contribution in [3.05, 3.63) is 92.0 Å². The molecule has 1 aliphatic rings. The summed E-state index contributed by atoms with van der Waals surface area (Å²) in [6.45, 7) is 2.19. The van der Waals surface area contributed by atoms with Crippen LogP contribution in [0, 0.1) is 6.92 Å². The van der Waals surface area contributed by atoms with Gasteiger partial charge in [-0.3, -0.25) is 24.0 Å². The molecule has 0 saturated carbocycles. The van der Waals surface area contributed by atoms with Crippen LogP contribution in [0.25, 0.3) is 0 Å². The molecular formula is C25H28N4O4. The molecule has 8 nitrogen and oxygen atoms in total. The van der Waals surface area contributed by atoms with Crippen LogP contribution in [0.2, 0.25) is 0 Å². The summed E-state index contributed by atoms with van der Waals surface area (Å²) in [7, 11) is 0. The lowest BCUT2D eigenvalue weighted by Gasteiger charge is -2.25. The number of nitrogens with zero attached hydrogens (tertiary/aromatic N) is 2. The third kappa shape index (κ3) is 4.84. The van der Waals surface area contributed by atoms with Gasteiger partial charge in [-0.2, -0.15) is 0 Å². The maximum absolute atomic E-state index is 13.5. The highest BCUT2D eigenvalue weighted by Crippen LogP contribution is 2.25. The largest absolute Gasteiger partial charge is 0.459 e. The molecule has 33 heavy (non-hydrogen) atoms. The Morgan fingerprint density at radius 2 is 1.97 bits per heavy atom. The van der Waals surface area contributed by atoms with Gasteiger partial charge in [0.05, 0.1) is 12.8 Å². The van der Waals surface area contributed by atoms with Crippen LogP contribution in [0.1, 0.15) is 53.8 Å². The van der Waals surface area contributed by atoms with E-state index in [4.69, 9.17) is 10.2 Å². The highest BCUT2D eigenvalue weighted by Gasteiger charge is 2.28. The summed E-state index contributed by atoms with van der Waals surface area (Å²) in [4.78, 5) is 42.7. The van der Waals surface area contributed by atoms with E-state index < -0.39 is 17.2 Å². The summed E-state index contributed by atoms with van der Waals surface area (Å²) < 4.78 is 6.70. The molecule has 0 fully saturated rings. The molecule has 1 aromatic carbocycles. The number of anilines is 2. The minimum Gasteiger partial charge on any atom is -0.459 e. The van der Waals surface area contributed by atoms with Gasteiger partial charge in [0.1, 0.15) is 5.82 Å². The number of carbonyl (C=O) groups is 1. The van der Waals surface area contributed by atoms with Crippen molar-refractivity contribution in [2.75, 3.05) is 17.2 Å². The van der Waals surface area contributed by atoms with E-state index in [2.05, 4.69) is 11.1 Å². The number of carbonyl (C=O) groups excluding carboxylic acids is 1. The van der Waals surface area contributed by atoms with Gasteiger partial charge in [0.25, 0.3) is 11.5 Å². The molecule has 8 heteroatoms. The third-order valence-electron chi connectivity index (χ3n) is 6.01. The average molecular weight is 449 g/mol. The van der Waals surface area contributed by atoms with Crippen molar-refractivity contribution in [3.8, 4) is 0 Å². The fourth-order valence-corrected chi connectivity index (χ4v) is 4.18. The van der Waals surface area contributed by atoms with Crippen molar-refractivity contribution in [2.24, 2.45) is 0 Å². The molecule has 0 unspecified atom stereocenters. The van der Waals surface area contributed by atoms with E-state index in [-0.39, 0.29) is 30.4 Å². The molecule has 0 atom stereocenters. The second-order valence-electron chi connectivity index (χ2n) is 8.31. The molecule has 3 aromatic rings. The fraction of sp³-hybridized carbons (Fsp3) is 0.320. The highest BCUT2D eigenvalue weighted by molar-refractivity contribution is 6.06. The van der Waals surface area contributed by atoms with E-state index in [9.17, 15) is 14.4 Å². The number of H-pyrrole nitrogens is 1. The maximum atomic E-state index is 13.5. The Balaban J connectivity index is 1.76. The molecule has 1 amide bonds. The van der Waals surface area contributed by atoms with Crippen molar-refractivity contribution >= 4 is 17.4 Å². The monoisotopic (exact) mass is 448 g/mol. The lowest BCUT2D eigenvalue weighted by atomic mass is 9.97. The molecule has 1 aliphatic carbocycles. The van der Waals surface area contributed by atoms with Crippen molar-refractivity contribution in [2.45, 2.75) is 45.6 Å². The summed E-state index contributed by atoms with van der Waals surface area (Å²) in [6.07, 6.45) is 8.52. The summed E-state index contributed by atoms with van der Waals surface area (Å²) in [6, 6.07) is 11.0. The van der Waals surface area contributed by atoms with E-state index in [1.807, 2.05) is 30.3 Å². The Bertz CT molecular complexity index is 1280. The molecule has 2 aromatic heterocycles. The molecule has 0 bridgehead atoms. The summed E-state index contributed by atoms with van der Waals surface area (Å²) in [5.74, 6) is -0.369. The number of nitrogens with two attached hydrogens (primary N) is 1. The van der Waals surface area contributed by atoms with Gasteiger partial charge in [-0.25, -0.2) is 4.79 Å². The van der Waals surface area contributed by atoms with Crippen molar-refractivity contribution in [1.29, 1.82) is 0 Å². The van der Waals surface area contributed by atoms with Gasteiger partial charge < -0.3 is 10.2 Å². The smallest absolute Gasteiger partial charge is 0.330 e. The number of nitrogen functional groups attached to an aromatic ring is 1. The van der Waals surface area contributed by atoms with Gasteiger partial charge in [0.2, 0.25) is 0 Å². The quantitative estimate of drug-likeness (QED) is 0.536. The van der Waals surface area contributed by atoms with E-state index in [1.54, 1.807) is 13.0 Å². The van der Waals surface area contributed by atoms with Crippen molar-refractivity contribution < 1.29 is 9.21 Å². The number of aromatic amines is 1. The topological polar surface area (TPSA) is 114 Å². The van der Waals surface area contributed by atoms with Gasteiger partial charge in [-0.05, 0) is 50.7 Å². The van der Waals surface area contributed by atoms with Crippen LogP contribution in [-0.2, 0) is 6.54 Å². The van der Waals surface area contributed by atoms with Crippen LogP contribution in [0.3, 0.4) is 0 Å². The number of furan rings is 1. The minimum absolute atomic E-state index is 0.0391. The Hall–Kier alpha value is -3.81. The molecule has 0 radical (unpaired) electrons. The van der Waals surface area contributed by atoms with Crippen LogP contribution in [0.5, 0.6) is 0 Å². The number of hydrogen-bond acceptors (Lipinski definition) is 5. The van der Waals surface area contributed by atoms with E-state index in [1.165, 1.54) is 21.3 Å². The Kier molecular flexibility index (Phi) is 6.63. The number of nitrogens with one attached hydrogen (secondary N) is 1. The second-order valence-corrected chi connectivity index (χ2v) is 8.31. The average Bonchev–Trinajstić information content (AvgIpc) is 3.25. The van der Waals surface area contributed by atoms with Crippen molar-refractivity contribution in [1.82, 2.24) is 9.55 Å². The van der Waals surface area contributed by atoms with Gasteiger partial charge in [-0.1, -0.05) is 42.0 Å². The Labute approximate surface area is 191 Å². The third-order valence-corrected chi connectivity index (χ3v) is 6.01. The van der Waals surface area contributed by atoms with E-state index in [0.29, 0.717) is 12.0 Å². The first-order chi connectivity index (χ1) is 16.0. The zero-order valence-electron chi connectivity index (χ0n) is 18.7. The number of amides is 1. The zero-order chi connectivity index (χ0) is 23.4. The van der Waals surface area contributed by atoms with Gasteiger partial charge in [-0.15, -0.1) is 0 Å². The van der Waals surface area contributed by atoms with Gasteiger partial charge in [0.15, 0.2) is 11.4 Å². The molecule has 0 saturated heterocycles. The number of hydrogen-bond donors (Lipinski definition) is 2. The van der Waals surface area contributed by atoms with Crippen molar-refractivity contribution in [3.63, 3.8) is 0 Å². The molecule has 0 spiro atoms. The number of aromatic nitrogens is 2.